The van der Waals surface area contributed by atoms with Crippen LogP contribution in [0.15, 0.2) is 48.5 Å². The zero-order valence-electron chi connectivity index (χ0n) is 16.7. The highest BCUT2D eigenvalue weighted by molar-refractivity contribution is 5.75. The molecular weight excluding hydrogens is 340 g/mol. The van der Waals surface area contributed by atoms with Gasteiger partial charge in [-0.3, -0.25) is 4.79 Å². The van der Waals surface area contributed by atoms with E-state index in [0.29, 0.717) is 13.0 Å². The Kier molecular flexibility index (Phi) is 8.14. The number of nitrogens with zero attached hydrogens (tertiary/aromatic N) is 1. The molecular formula is C22H30N2O3. The molecule has 27 heavy (non-hydrogen) atoms. The first-order valence-electron chi connectivity index (χ1n) is 9.24. The Labute approximate surface area is 162 Å². The van der Waals surface area contributed by atoms with Gasteiger partial charge in [0.2, 0.25) is 5.91 Å². The summed E-state index contributed by atoms with van der Waals surface area (Å²) in [6.07, 6.45) is 2.12. The van der Waals surface area contributed by atoms with Crippen molar-refractivity contribution in [3.63, 3.8) is 0 Å². The van der Waals surface area contributed by atoms with E-state index in [9.17, 15) is 4.79 Å². The van der Waals surface area contributed by atoms with Gasteiger partial charge in [0.25, 0.3) is 0 Å². The molecule has 1 N–H and O–H groups in total. The number of aryl methyl sites for hydroxylation is 1. The highest BCUT2D eigenvalue weighted by Crippen LogP contribution is 2.28. The lowest BCUT2D eigenvalue weighted by atomic mass is 10.1. The molecule has 2 rings (SSSR count). The van der Waals surface area contributed by atoms with E-state index < -0.39 is 0 Å². The largest absolute Gasteiger partial charge is 0.493 e. The van der Waals surface area contributed by atoms with Crippen molar-refractivity contribution in [3.05, 3.63) is 59.7 Å². The third kappa shape index (κ3) is 6.29. The van der Waals surface area contributed by atoms with E-state index in [2.05, 4.69) is 22.3 Å². The molecule has 0 saturated carbocycles. The van der Waals surface area contributed by atoms with Crippen molar-refractivity contribution in [1.82, 2.24) is 10.2 Å². The van der Waals surface area contributed by atoms with Crippen LogP contribution in [-0.2, 0) is 11.2 Å². The zero-order chi connectivity index (χ0) is 19.6. The molecule has 0 aliphatic rings. The third-order valence-electron chi connectivity index (χ3n) is 4.62. The third-order valence-corrected chi connectivity index (χ3v) is 4.62. The SMILES string of the molecule is COc1ccc(CCCC(=O)NCC(c2ccccc2)N(C)C)cc1OC. The maximum atomic E-state index is 12.2. The van der Waals surface area contributed by atoms with E-state index in [1.807, 2.05) is 50.5 Å². The number of nitrogens with one attached hydrogen (secondary N) is 1. The van der Waals surface area contributed by atoms with Gasteiger partial charge in [-0.1, -0.05) is 36.4 Å². The van der Waals surface area contributed by atoms with Crippen molar-refractivity contribution in [2.24, 2.45) is 0 Å². The minimum absolute atomic E-state index is 0.0817. The molecule has 1 atom stereocenters. The van der Waals surface area contributed by atoms with E-state index in [1.165, 1.54) is 5.56 Å². The number of carbonyl (C=O) groups is 1. The minimum atomic E-state index is 0.0817. The number of carbonyl (C=O) groups excluding carboxylic acids is 1. The number of hydrogen-bond acceptors (Lipinski definition) is 4. The first-order chi connectivity index (χ1) is 13.0. The fourth-order valence-corrected chi connectivity index (χ4v) is 3.06. The summed E-state index contributed by atoms with van der Waals surface area (Å²) in [4.78, 5) is 14.4. The summed E-state index contributed by atoms with van der Waals surface area (Å²) >= 11 is 0. The van der Waals surface area contributed by atoms with Gasteiger partial charge in [-0.15, -0.1) is 0 Å². The first kappa shape index (κ1) is 20.8. The van der Waals surface area contributed by atoms with Crippen molar-refractivity contribution in [2.75, 3.05) is 34.9 Å². The van der Waals surface area contributed by atoms with Crippen molar-refractivity contribution in [1.29, 1.82) is 0 Å². The Morgan fingerprint density at radius 3 is 2.37 bits per heavy atom. The molecule has 0 aliphatic heterocycles. The Bertz CT molecular complexity index is 717. The average Bonchev–Trinajstić information content (AvgIpc) is 2.68. The summed E-state index contributed by atoms with van der Waals surface area (Å²) in [6.45, 7) is 0.603. The summed E-state index contributed by atoms with van der Waals surface area (Å²) in [5.41, 5.74) is 2.34. The van der Waals surface area contributed by atoms with E-state index >= 15 is 0 Å². The number of methoxy groups -OCH3 is 2. The molecule has 1 unspecified atom stereocenters. The van der Waals surface area contributed by atoms with Gasteiger partial charge in [-0.25, -0.2) is 0 Å². The van der Waals surface area contributed by atoms with Crippen molar-refractivity contribution < 1.29 is 14.3 Å². The maximum absolute atomic E-state index is 12.2. The topological polar surface area (TPSA) is 50.8 Å². The standard InChI is InChI=1S/C22H30N2O3/c1-24(2)19(18-10-6-5-7-11-18)16-23-22(25)12-8-9-17-13-14-20(26-3)21(15-17)27-4/h5-7,10-11,13-15,19H,8-9,12,16H2,1-4H3,(H,23,25). The summed E-state index contributed by atoms with van der Waals surface area (Å²) in [6, 6.07) is 16.3. The van der Waals surface area contributed by atoms with E-state index in [4.69, 9.17) is 9.47 Å². The number of benzene rings is 2. The number of likely N-dealkylation sites (N-methyl/N-ethyl adjacent to an activating group) is 1. The lowest BCUT2D eigenvalue weighted by Crippen LogP contribution is -2.34. The van der Waals surface area contributed by atoms with Crippen LogP contribution in [0.4, 0.5) is 0 Å². The van der Waals surface area contributed by atoms with Crippen LogP contribution in [0.5, 0.6) is 11.5 Å². The van der Waals surface area contributed by atoms with E-state index in [0.717, 1.165) is 29.9 Å². The molecule has 1 amide bonds. The lowest BCUT2D eigenvalue weighted by Gasteiger charge is -2.25. The second-order valence-corrected chi connectivity index (χ2v) is 6.74. The monoisotopic (exact) mass is 370 g/mol. The van der Waals surface area contributed by atoms with Gasteiger partial charge in [0.1, 0.15) is 0 Å². The fourth-order valence-electron chi connectivity index (χ4n) is 3.06. The predicted octanol–water partition coefficient (Wildman–Crippen LogP) is 3.45. The average molecular weight is 370 g/mol. The molecule has 5 heteroatoms. The fraction of sp³-hybridized carbons (Fsp3) is 0.409. The van der Waals surface area contributed by atoms with Crippen LogP contribution in [0.2, 0.25) is 0 Å². The molecule has 0 saturated heterocycles. The molecule has 0 bridgehead atoms. The molecule has 0 radical (unpaired) electrons. The van der Waals surface area contributed by atoms with Crippen molar-refractivity contribution in [2.45, 2.75) is 25.3 Å². The molecule has 0 aromatic heterocycles. The van der Waals surface area contributed by atoms with Gasteiger partial charge in [0, 0.05) is 13.0 Å². The van der Waals surface area contributed by atoms with Crippen molar-refractivity contribution >= 4 is 5.91 Å². The second-order valence-electron chi connectivity index (χ2n) is 6.74. The predicted molar refractivity (Wildman–Crippen MR) is 108 cm³/mol. The molecule has 0 aliphatic carbocycles. The molecule has 0 spiro atoms. The van der Waals surface area contributed by atoms with Crippen LogP contribution in [-0.4, -0.2) is 45.7 Å². The lowest BCUT2D eigenvalue weighted by molar-refractivity contribution is -0.121. The smallest absolute Gasteiger partial charge is 0.220 e. The van der Waals surface area contributed by atoms with Gasteiger partial charge in [-0.2, -0.15) is 0 Å². The van der Waals surface area contributed by atoms with Crippen LogP contribution in [0.1, 0.15) is 30.0 Å². The van der Waals surface area contributed by atoms with Gasteiger partial charge < -0.3 is 19.7 Å². The number of ether oxygens (including phenoxy) is 2. The second kappa shape index (κ2) is 10.6. The Morgan fingerprint density at radius 1 is 1.04 bits per heavy atom. The van der Waals surface area contributed by atoms with E-state index in [-0.39, 0.29) is 11.9 Å². The zero-order valence-corrected chi connectivity index (χ0v) is 16.7. The molecule has 2 aromatic carbocycles. The highest BCUT2D eigenvalue weighted by atomic mass is 16.5. The molecule has 5 nitrogen and oxygen atoms in total. The quantitative estimate of drug-likeness (QED) is 0.696. The summed E-state index contributed by atoms with van der Waals surface area (Å²) in [5.74, 6) is 1.52. The van der Waals surface area contributed by atoms with Crippen LogP contribution in [0, 0.1) is 0 Å². The number of amides is 1. The van der Waals surface area contributed by atoms with Gasteiger partial charge in [-0.05, 0) is 50.2 Å². The number of rotatable bonds is 10. The number of hydrogen-bond donors (Lipinski definition) is 1. The van der Waals surface area contributed by atoms with Gasteiger partial charge in [0.05, 0.1) is 20.3 Å². The Morgan fingerprint density at radius 2 is 1.74 bits per heavy atom. The van der Waals surface area contributed by atoms with Crippen LogP contribution >= 0.6 is 0 Å². The van der Waals surface area contributed by atoms with Gasteiger partial charge in [0.15, 0.2) is 11.5 Å². The maximum Gasteiger partial charge on any atom is 0.220 e. The minimum Gasteiger partial charge on any atom is -0.493 e. The summed E-state index contributed by atoms with van der Waals surface area (Å²) < 4.78 is 10.6. The first-order valence-corrected chi connectivity index (χ1v) is 9.24. The summed E-state index contributed by atoms with van der Waals surface area (Å²) in [5, 5.41) is 3.06. The molecule has 0 fully saturated rings. The van der Waals surface area contributed by atoms with Crippen LogP contribution < -0.4 is 14.8 Å². The van der Waals surface area contributed by atoms with E-state index in [1.54, 1.807) is 14.2 Å². The highest BCUT2D eigenvalue weighted by Gasteiger charge is 2.14. The molecule has 146 valence electrons. The van der Waals surface area contributed by atoms with Gasteiger partial charge >= 0.3 is 0 Å². The van der Waals surface area contributed by atoms with Crippen LogP contribution in [0.25, 0.3) is 0 Å². The van der Waals surface area contributed by atoms with Crippen LogP contribution in [0.3, 0.4) is 0 Å². The Hall–Kier alpha value is -2.53. The Balaban J connectivity index is 1.80. The van der Waals surface area contributed by atoms with Crippen molar-refractivity contribution in [3.8, 4) is 11.5 Å². The summed E-state index contributed by atoms with van der Waals surface area (Å²) in [7, 11) is 7.31. The molecule has 0 heterocycles. The molecule has 2 aromatic rings. The normalized spacial score (nSPS) is 11.9.